The first kappa shape index (κ1) is 11.8. The molecule has 6 N–H and O–H groups in total. The van der Waals surface area contributed by atoms with E-state index in [0.29, 0.717) is 12.8 Å². The largest absolute Gasteiger partial charge is 0.394 e. The summed E-state index contributed by atoms with van der Waals surface area (Å²) < 4.78 is 0. The van der Waals surface area contributed by atoms with Crippen LogP contribution in [0.25, 0.3) is 0 Å². The van der Waals surface area contributed by atoms with Crippen LogP contribution in [-0.2, 0) is 0 Å². The van der Waals surface area contributed by atoms with Crippen molar-refractivity contribution >= 4 is 0 Å². The van der Waals surface area contributed by atoms with Crippen molar-refractivity contribution in [3.8, 4) is 0 Å². The van der Waals surface area contributed by atoms with Gasteiger partial charge in [0.25, 0.3) is 0 Å². The first-order chi connectivity index (χ1) is 5.43. The third-order valence-electron chi connectivity index (χ3n) is 2.00. The van der Waals surface area contributed by atoms with Crippen molar-refractivity contribution in [3.63, 3.8) is 0 Å². The lowest BCUT2D eigenvalue weighted by Crippen LogP contribution is -2.47. The molecule has 0 spiro atoms. The van der Waals surface area contributed by atoms with E-state index in [2.05, 4.69) is 0 Å². The van der Waals surface area contributed by atoms with Crippen molar-refractivity contribution in [1.29, 1.82) is 0 Å². The zero-order valence-corrected chi connectivity index (χ0v) is 7.83. The highest BCUT2D eigenvalue weighted by molar-refractivity contribution is 4.84. The molecule has 0 amide bonds. The van der Waals surface area contributed by atoms with Crippen molar-refractivity contribution in [1.82, 2.24) is 0 Å². The van der Waals surface area contributed by atoms with Gasteiger partial charge in [-0.1, -0.05) is 6.92 Å². The molecule has 12 heavy (non-hydrogen) atoms. The third-order valence-corrected chi connectivity index (χ3v) is 2.00. The van der Waals surface area contributed by atoms with Gasteiger partial charge in [0.05, 0.1) is 12.7 Å². The molecule has 0 aliphatic rings. The average molecular weight is 176 g/mol. The summed E-state index contributed by atoms with van der Waals surface area (Å²) in [5.41, 5.74) is 10.5. The number of aliphatic hydroxyl groups is 2. The number of aliphatic hydroxyl groups excluding tert-OH is 2. The van der Waals surface area contributed by atoms with Gasteiger partial charge in [-0.15, -0.1) is 0 Å². The quantitative estimate of drug-likeness (QED) is 0.440. The van der Waals surface area contributed by atoms with E-state index in [-0.39, 0.29) is 12.6 Å². The molecule has 4 heteroatoms. The van der Waals surface area contributed by atoms with E-state index in [9.17, 15) is 5.11 Å². The van der Waals surface area contributed by atoms with Gasteiger partial charge in [-0.25, -0.2) is 0 Å². The minimum Gasteiger partial charge on any atom is -0.394 e. The lowest BCUT2D eigenvalue weighted by Gasteiger charge is -2.27. The lowest BCUT2D eigenvalue weighted by atomic mass is 9.92. The van der Waals surface area contributed by atoms with Crippen LogP contribution in [0.1, 0.15) is 26.7 Å². The molecule has 0 fully saturated rings. The van der Waals surface area contributed by atoms with Gasteiger partial charge in [-0.2, -0.15) is 0 Å². The number of nitrogens with two attached hydrogens (primary N) is 2. The fourth-order valence-electron chi connectivity index (χ4n) is 0.966. The standard InChI is InChI=1S/C8H20N2O2/c1-3-6(9)7(12)4-8(2,10)5-11/h6-7,11-12H,3-5,9-10H2,1-2H3. The minimum absolute atomic E-state index is 0.138. The van der Waals surface area contributed by atoms with E-state index in [0.717, 1.165) is 0 Å². The van der Waals surface area contributed by atoms with Crippen LogP contribution < -0.4 is 11.5 Å². The van der Waals surface area contributed by atoms with E-state index in [1.54, 1.807) is 6.92 Å². The molecule has 0 aliphatic carbocycles. The zero-order chi connectivity index (χ0) is 9.78. The SMILES string of the molecule is CCC(N)C(O)CC(C)(N)CO. The Morgan fingerprint density at radius 3 is 2.33 bits per heavy atom. The molecule has 0 radical (unpaired) electrons. The van der Waals surface area contributed by atoms with Gasteiger partial charge in [-0.3, -0.25) is 0 Å². The second-order valence-corrected chi connectivity index (χ2v) is 3.66. The molecule has 0 aromatic rings. The second-order valence-electron chi connectivity index (χ2n) is 3.66. The van der Waals surface area contributed by atoms with E-state index in [4.69, 9.17) is 16.6 Å². The molecule has 74 valence electrons. The molecular formula is C8H20N2O2. The van der Waals surface area contributed by atoms with Crippen LogP contribution >= 0.6 is 0 Å². The van der Waals surface area contributed by atoms with E-state index in [1.807, 2.05) is 6.92 Å². The summed E-state index contributed by atoms with van der Waals surface area (Å²) in [5.74, 6) is 0. The molecule has 0 bridgehead atoms. The highest BCUT2D eigenvalue weighted by Gasteiger charge is 2.24. The van der Waals surface area contributed by atoms with E-state index < -0.39 is 11.6 Å². The van der Waals surface area contributed by atoms with Gasteiger partial charge >= 0.3 is 0 Å². The maximum atomic E-state index is 9.47. The molecule has 0 aromatic heterocycles. The number of rotatable bonds is 5. The summed E-state index contributed by atoms with van der Waals surface area (Å²) >= 11 is 0. The van der Waals surface area contributed by atoms with Crippen LogP contribution in [0, 0.1) is 0 Å². The maximum Gasteiger partial charge on any atom is 0.0709 e. The summed E-state index contributed by atoms with van der Waals surface area (Å²) in [6.07, 6.45) is 0.415. The summed E-state index contributed by atoms with van der Waals surface area (Å²) in [4.78, 5) is 0. The van der Waals surface area contributed by atoms with Crippen LogP contribution in [0.2, 0.25) is 0 Å². The molecule has 0 aromatic carbocycles. The number of hydrogen-bond donors (Lipinski definition) is 4. The van der Waals surface area contributed by atoms with Crippen molar-refractivity contribution in [3.05, 3.63) is 0 Å². The highest BCUT2D eigenvalue weighted by atomic mass is 16.3. The molecular weight excluding hydrogens is 156 g/mol. The van der Waals surface area contributed by atoms with Gasteiger partial charge in [-0.05, 0) is 19.8 Å². The average Bonchev–Trinajstić information content (AvgIpc) is 2.02. The Morgan fingerprint density at radius 2 is 2.00 bits per heavy atom. The first-order valence-corrected chi connectivity index (χ1v) is 4.26. The molecule has 0 saturated heterocycles. The van der Waals surface area contributed by atoms with Gasteiger partial charge in [0.1, 0.15) is 0 Å². The predicted molar refractivity (Wildman–Crippen MR) is 48.6 cm³/mol. The smallest absolute Gasteiger partial charge is 0.0709 e. The van der Waals surface area contributed by atoms with Gasteiger partial charge < -0.3 is 21.7 Å². The van der Waals surface area contributed by atoms with E-state index in [1.165, 1.54) is 0 Å². The highest BCUT2D eigenvalue weighted by Crippen LogP contribution is 2.11. The monoisotopic (exact) mass is 176 g/mol. The van der Waals surface area contributed by atoms with Crippen LogP contribution in [0.15, 0.2) is 0 Å². The topological polar surface area (TPSA) is 92.5 Å². The lowest BCUT2D eigenvalue weighted by molar-refractivity contribution is 0.0861. The molecule has 3 atom stereocenters. The van der Waals surface area contributed by atoms with Crippen molar-refractivity contribution in [2.75, 3.05) is 6.61 Å². The van der Waals surface area contributed by atoms with Gasteiger partial charge in [0.15, 0.2) is 0 Å². The molecule has 0 saturated carbocycles. The van der Waals surface area contributed by atoms with Gasteiger partial charge in [0.2, 0.25) is 0 Å². The second kappa shape index (κ2) is 4.77. The summed E-state index contributed by atoms with van der Waals surface area (Å²) in [6.45, 7) is 3.46. The third kappa shape index (κ3) is 4.01. The Kier molecular flexibility index (Phi) is 4.70. The Balaban J connectivity index is 3.90. The minimum atomic E-state index is -0.730. The maximum absolute atomic E-state index is 9.47. The zero-order valence-electron chi connectivity index (χ0n) is 7.83. The fourth-order valence-corrected chi connectivity index (χ4v) is 0.966. The Morgan fingerprint density at radius 1 is 1.50 bits per heavy atom. The van der Waals surface area contributed by atoms with Crippen molar-refractivity contribution < 1.29 is 10.2 Å². The Labute approximate surface area is 73.6 Å². The molecule has 0 heterocycles. The normalized spacial score (nSPS) is 21.5. The molecule has 0 rings (SSSR count). The van der Waals surface area contributed by atoms with Crippen LogP contribution in [0.4, 0.5) is 0 Å². The van der Waals surface area contributed by atoms with Crippen LogP contribution in [-0.4, -0.2) is 34.5 Å². The van der Waals surface area contributed by atoms with Crippen molar-refractivity contribution in [2.45, 2.75) is 44.4 Å². The molecule has 4 nitrogen and oxygen atoms in total. The first-order valence-electron chi connectivity index (χ1n) is 4.26. The Hall–Kier alpha value is -0.160. The summed E-state index contributed by atoms with van der Waals surface area (Å²) in [5, 5.41) is 18.3. The molecule has 3 unspecified atom stereocenters. The van der Waals surface area contributed by atoms with Crippen LogP contribution in [0.3, 0.4) is 0 Å². The van der Waals surface area contributed by atoms with E-state index >= 15 is 0 Å². The fraction of sp³-hybridized carbons (Fsp3) is 1.00. The number of hydrogen-bond acceptors (Lipinski definition) is 4. The summed E-state index contributed by atoms with van der Waals surface area (Å²) in [6, 6.07) is -0.251. The summed E-state index contributed by atoms with van der Waals surface area (Å²) in [7, 11) is 0. The Bertz CT molecular complexity index is 128. The van der Waals surface area contributed by atoms with Crippen molar-refractivity contribution in [2.24, 2.45) is 11.5 Å². The molecule has 0 aliphatic heterocycles. The van der Waals surface area contributed by atoms with Crippen LogP contribution in [0.5, 0.6) is 0 Å². The predicted octanol–water partition coefficient (Wildman–Crippen LogP) is -0.816. The van der Waals surface area contributed by atoms with Gasteiger partial charge in [0, 0.05) is 11.6 Å².